The molecule has 4 rings (SSSR count). The average molecular weight is 322 g/mol. The molecule has 2 aromatic heterocycles. The highest BCUT2D eigenvalue weighted by Crippen LogP contribution is 2.24. The van der Waals surface area contributed by atoms with Crippen LogP contribution < -0.4 is 5.69 Å². The van der Waals surface area contributed by atoms with E-state index in [4.69, 9.17) is 0 Å². The average Bonchev–Trinajstić information content (AvgIpc) is 2.93. The summed E-state index contributed by atoms with van der Waals surface area (Å²) in [5.41, 5.74) is 4.64. The molecule has 3 heterocycles. The molecule has 1 aliphatic heterocycles. The Bertz CT molecular complexity index is 897. The molecule has 124 valence electrons. The van der Waals surface area contributed by atoms with Crippen LogP contribution in [-0.2, 0) is 19.4 Å². The maximum absolute atomic E-state index is 12.2. The topological polar surface area (TPSA) is 53.9 Å². The molecule has 1 atom stereocenters. The van der Waals surface area contributed by atoms with E-state index >= 15 is 0 Å². The van der Waals surface area contributed by atoms with E-state index in [1.54, 1.807) is 0 Å². The highest BCUT2D eigenvalue weighted by molar-refractivity contribution is 5.79. The van der Waals surface area contributed by atoms with E-state index in [0.29, 0.717) is 6.04 Å². The Hall–Kier alpha value is -2.40. The van der Waals surface area contributed by atoms with E-state index in [1.807, 2.05) is 29.1 Å². The van der Waals surface area contributed by atoms with Gasteiger partial charge in [-0.1, -0.05) is 12.1 Å². The van der Waals surface area contributed by atoms with Crippen LogP contribution in [0.4, 0.5) is 0 Å². The normalized spacial score (nSPS) is 16.8. The summed E-state index contributed by atoms with van der Waals surface area (Å²) in [7, 11) is 2.17. The van der Waals surface area contributed by atoms with Gasteiger partial charge in [0.05, 0.1) is 11.0 Å². The van der Waals surface area contributed by atoms with Gasteiger partial charge in [0.15, 0.2) is 0 Å². The van der Waals surface area contributed by atoms with Crippen molar-refractivity contribution in [1.82, 2.24) is 19.4 Å². The van der Waals surface area contributed by atoms with Crippen LogP contribution in [0.25, 0.3) is 11.0 Å². The molecule has 0 saturated carbocycles. The van der Waals surface area contributed by atoms with Gasteiger partial charge >= 0.3 is 5.69 Å². The van der Waals surface area contributed by atoms with Gasteiger partial charge in [0.1, 0.15) is 0 Å². The van der Waals surface area contributed by atoms with Crippen molar-refractivity contribution in [2.45, 2.75) is 31.8 Å². The minimum absolute atomic E-state index is 0.00679. The number of pyridine rings is 1. The van der Waals surface area contributed by atoms with Gasteiger partial charge in [-0.3, -0.25) is 9.55 Å². The number of aromatic nitrogens is 3. The number of imidazole rings is 1. The van der Waals surface area contributed by atoms with Crippen LogP contribution >= 0.6 is 0 Å². The number of hydrogen-bond donors (Lipinski definition) is 1. The fraction of sp³-hybridized carbons (Fsp3) is 0.368. The molecule has 3 aromatic rings. The van der Waals surface area contributed by atoms with Gasteiger partial charge in [0, 0.05) is 25.0 Å². The van der Waals surface area contributed by atoms with Crippen LogP contribution in [0.3, 0.4) is 0 Å². The first-order chi connectivity index (χ1) is 11.7. The first kappa shape index (κ1) is 15.1. The maximum Gasteiger partial charge on any atom is 0.326 e. The van der Waals surface area contributed by atoms with E-state index in [-0.39, 0.29) is 5.69 Å². The molecule has 0 fully saturated rings. The molecule has 0 radical (unpaired) electrons. The third kappa shape index (κ3) is 2.76. The number of para-hydroxylation sites is 1. The van der Waals surface area contributed by atoms with E-state index < -0.39 is 0 Å². The van der Waals surface area contributed by atoms with Gasteiger partial charge in [-0.15, -0.1) is 0 Å². The lowest BCUT2D eigenvalue weighted by Crippen LogP contribution is -2.42. The van der Waals surface area contributed by atoms with Gasteiger partial charge in [0.25, 0.3) is 0 Å². The second-order valence-corrected chi connectivity index (χ2v) is 6.65. The quantitative estimate of drug-likeness (QED) is 0.783. The van der Waals surface area contributed by atoms with Crippen molar-refractivity contribution in [3.63, 3.8) is 0 Å². The van der Waals surface area contributed by atoms with Crippen molar-refractivity contribution in [2.24, 2.45) is 0 Å². The summed E-state index contributed by atoms with van der Waals surface area (Å²) >= 11 is 0. The maximum atomic E-state index is 12.2. The number of nitrogens with one attached hydrogen (secondary N) is 1. The molecule has 1 N–H and O–H groups in total. The lowest BCUT2D eigenvalue weighted by Gasteiger charge is -2.31. The van der Waals surface area contributed by atoms with Crippen molar-refractivity contribution < 1.29 is 0 Å². The fourth-order valence-electron chi connectivity index (χ4n) is 3.72. The number of aromatic amines is 1. The highest BCUT2D eigenvalue weighted by Gasteiger charge is 2.25. The van der Waals surface area contributed by atoms with Gasteiger partial charge in [-0.2, -0.15) is 0 Å². The zero-order valence-electron chi connectivity index (χ0n) is 13.9. The molecule has 24 heavy (non-hydrogen) atoms. The highest BCUT2D eigenvalue weighted by atomic mass is 16.1. The summed E-state index contributed by atoms with van der Waals surface area (Å²) in [6.45, 7) is 1.79. The molecule has 1 aliphatic rings. The summed E-state index contributed by atoms with van der Waals surface area (Å²) < 4.78 is 1.90. The third-order valence-corrected chi connectivity index (χ3v) is 5.07. The lowest BCUT2D eigenvalue weighted by molar-refractivity contribution is 0.211. The predicted octanol–water partition coefficient (Wildman–Crippen LogP) is 2.21. The largest absolute Gasteiger partial charge is 0.326 e. The molecule has 0 saturated heterocycles. The van der Waals surface area contributed by atoms with Crippen LogP contribution in [0.2, 0.25) is 0 Å². The van der Waals surface area contributed by atoms with Crippen LogP contribution in [-0.4, -0.2) is 39.1 Å². The van der Waals surface area contributed by atoms with Gasteiger partial charge in [0.2, 0.25) is 0 Å². The Labute approximate surface area is 140 Å². The number of nitrogens with zero attached hydrogens (tertiary/aromatic N) is 3. The number of H-pyrrole nitrogens is 1. The number of likely N-dealkylation sites (N-methyl/N-ethyl adjacent to an activating group) is 1. The molecular formula is C19H22N4O. The van der Waals surface area contributed by atoms with E-state index in [9.17, 15) is 4.79 Å². The molecule has 5 nitrogen and oxygen atoms in total. The van der Waals surface area contributed by atoms with Crippen LogP contribution in [0.1, 0.15) is 17.5 Å². The Morgan fingerprint density at radius 3 is 2.96 bits per heavy atom. The summed E-state index contributed by atoms with van der Waals surface area (Å²) in [6.07, 6.45) is 6.86. The monoisotopic (exact) mass is 322 g/mol. The zero-order valence-corrected chi connectivity index (χ0v) is 13.9. The van der Waals surface area contributed by atoms with Crippen LogP contribution in [0.15, 0.2) is 47.5 Å². The molecule has 5 heteroatoms. The number of aryl methyl sites for hydroxylation is 1. The Morgan fingerprint density at radius 1 is 1.29 bits per heavy atom. The lowest BCUT2D eigenvalue weighted by atomic mass is 9.99. The van der Waals surface area contributed by atoms with Gasteiger partial charge < -0.3 is 9.88 Å². The minimum atomic E-state index is 0.00679. The van der Waals surface area contributed by atoms with E-state index in [2.05, 4.69) is 40.1 Å². The smallest absolute Gasteiger partial charge is 0.306 e. The molecule has 0 amide bonds. The Morgan fingerprint density at radius 2 is 2.12 bits per heavy atom. The standard InChI is InChI=1S/C19H22N4O/c1-22(11-3-4-14-7-9-20-10-8-14)16-12-15-5-2-6-17-18(15)23(13-16)19(24)21-17/h2,5-10,16H,3-4,11-13H2,1H3,(H,21,24)/t16-/m1/s1. The third-order valence-electron chi connectivity index (χ3n) is 5.07. The number of hydrogen-bond acceptors (Lipinski definition) is 3. The van der Waals surface area contributed by atoms with Crippen molar-refractivity contribution in [3.8, 4) is 0 Å². The minimum Gasteiger partial charge on any atom is -0.306 e. The molecular weight excluding hydrogens is 300 g/mol. The summed E-state index contributed by atoms with van der Waals surface area (Å²) in [6, 6.07) is 10.7. The first-order valence-corrected chi connectivity index (χ1v) is 8.52. The summed E-state index contributed by atoms with van der Waals surface area (Å²) in [5, 5.41) is 0. The van der Waals surface area contributed by atoms with E-state index in [1.165, 1.54) is 11.1 Å². The Kier molecular flexibility index (Phi) is 3.94. The van der Waals surface area contributed by atoms with Crippen molar-refractivity contribution in [1.29, 1.82) is 0 Å². The molecule has 0 spiro atoms. The predicted molar refractivity (Wildman–Crippen MR) is 95.2 cm³/mol. The van der Waals surface area contributed by atoms with Crippen LogP contribution in [0.5, 0.6) is 0 Å². The second kappa shape index (κ2) is 6.24. The molecule has 0 aliphatic carbocycles. The molecule has 0 bridgehead atoms. The first-order valence-electron chi connectivity index (χ1n) is 8.52. The fourth-order valence-corrected chi connectivity index (χ4v) is 3.72. The summed E-state index contributed by atoms with van der Waals surface area (Å²) in [4.78, 5) is 21.6. The van der Waals surface area contributed by atoms with E-state index in [0.717, 1.165) is 43.4 Å². The van der Waals surface area contributed by atoms with Crippen molar-refractivity contribution >= 4 is 11.0 Å². The SMILES string of the molecule is CN(CCCc1ccncc1)[C@@H]1Cc2cccc3[nH]c(=O)n(c23)C1. The van der Waals surface area contributed by atoms with Gasteiger partial charge in [-0.25, -0.2) is 4.79 Å². The number of rotatable bonds is 5. The zero-order chi connectivity index (χ0) is 16.5. The van der Waals surface area contributed by atoms with Crippen molar-refractivity contribution in [2.75, 3.05) is 13.6 Å². The van der Waals surface area contributed by atoms with Crippen LogP contribution in [0, 0.1) is 0 Å². The second-order valence-electron chi connectivity index (χ2n) is 6.65. The molecule has 0 unspecified atom stereocenters. The van der Waals surface area contributed by atoms with Crippen molar-refractivity contribution in [3.05, 3.63) is 64.3 Å². The number of benzene rings is 1. The summed E-state index contributed by atoms with van der Waals surface area (Å²) in [5.74, 6) is 0. The van der Waals surface area contributed by atoms with Gasteiger partial charge in [-0.05, 0) is 62.2 Å². The Balaban J connectivity index is 1.44. The molecule has 1 aromatic carbocycles.